The number of nitrogens with zero attached hydrogens (tertiary/aromatic N) is 1. The lowest BCUT2D eigenvalue weighted by molar-refractivity contribution is -0.141. The normalized spacial score (nSPS) is 21.6. The van der Waals surface area contributed by atoms with Crippen LogP contribution in [0.15, 0.2) is 24.3 Å². The van der Waals surface area contributed by atoms with Crippen molar-refractivity contribution >= 4 is 29.4 Å². The molecule has 1 fully saturated rings. The molecule has 1 aromatic carbocycles. The molecule has 1 heterocycles. The molecular weight excluding hydrogens is 295 g/mol. The molecule has 0 aliphatic carbocycles. The lowest BCUT2D eigenvalue weighted by Crippen LogP contribution is -2.49. The summed E-state index contributed by atoms with van der Waals surface area (Å²) in [5.74, 6) is -0.902. The van der Waals surface area contributed by atoms with Gasteiger partial charge >= 0.3 is 12.0 Å². The second-order valence-corrected chi connectivity index (χ2v) is 6.32. The molecule has 0 aromatic heterocycles. The number of carboxylic acid groups (broad SMARTS) is 1. The second-order valence-electron chi connectivity index (χ2n) is 5.17. The number of anilines is 1. The highest BCUT2D eigenvalue weighted by atomic mass is 32.2. The third kappa shape index (κ3) is 3.47. The average Bonchev–Trinajstić information content (AvgIpc) is 2.86. The van der Waals surface area contributed by atoms with Gasteiger partial charge in [0.05, 0.1) is 5.37 Å². The van der Waals surface area contributed by atoms with Crippen LogP contribution in [0.5, 0.6) is 0 Å². The number of thioether (sulfide) groups is 1. The number of carbonyl (C=O) groups is 2. The zero-order valence-electron chi connectivity index (χ0n) is 11.7. The van der Waals surface area contributed by atoms with Gasteiger partial charge in [-0.05, 0) is 30.2 Å². The van der Waals surface area contributed by atoms with Crippen LogP contribution in [0, 0.1) is 11.7 Å². The number of hydrogen-bond donors (Lipinski definition) is 2. The Kier molecular flexibility index (Phi) is 4.72. The van der Waals surface area contributed by atoms with Crippen molar-refractivity contribution in [2.75, 3.05) is 11.1 Å². The molecule has 0 radical (unpaired) electrons. The molecule has 0 spiro atoms. The van der Waals surface area contributed by atoms with Crippen molar-refractivity contribution in [1.82, 2.24) is 4.90 Å². The van der Waals surface area contributed by atoms with E-state index < -0.39 is 23.9 Å². The molecular formula is C14H17FN2O3S. The first-order valence-electron chi connectivity index (χ1n) is 6.59. The highest BCUT2D eigenvalue weighted by Crippen LogP contribution is 2.34. The summed E-state index contributed by atoms with van der Waals surface area (Å²) in [5.41, 5.74) is 0.435. The Morgan fingerprint density at radius 2 is 2.00 bits per heavy atom. The molecule has 1 aliphatic heterocycles. The summed E-state index contributed by atoms with van der Waals surface area (Å²) in [7, 11) is 0. The summed E-state index contributed by atoms with van der Waals surface area (Å²) in [6, 6.07) is 4.04. The number of carboxylic acids is 1. The Morgan fingerprint density at radius 3 is 2.52 bits per heavy atom. The number of benzene rings is 1. The van der Waals surface area contributed by atoms with E-state index in [1.54, 1.807) is 0 Å². The van der Waals surface area contributed by atoms with Gasteiger partial charge in [-0.15, -0.1) is 11.8 Å². The minimum absolute atomic E-state index is 0.137. The monoisotopic (exact) mass is 312 g/mol. The number of hydrogen-bond acceptors (Lipinski definition) is 3. The van der Waals surface area contributed by atoms with Crippen molar-refractivity contribution in [2.24, 2.45) is 5.92 Å². The van der Waals surface area contributed by atoms with E-state index >= 15 is 0 Å². The van der Waals surface area contributed by atoms with Crippen LogP contribution in [0.25, 0.3) is 0 Å². The molecule has 2 rings (SSSR count). The van der Waals surface area contributed by atoms with Gasteiger partial charge in [-0.3, -0.25) is 4.90 Å². The fraction of sp³-hybridized carbons (Fsp3) is 0.429. The maximum absolute atomic E-state index is 12.9. The molecule has 7 heteroatoms. The molecule has 1 saturated heterocycles. The fourth-order valence-electron chi connectivity index (χ4n) is 2.21. The van der Waals surface area contributed by atoms with E-state index in [-0.39, 0.29) is 11.3 Å². The van der Waals surface area contributed by atoms with Gasteiger partial charge in [0.25, 0.3) is 0 Å². The summed E-state index contributed by atoms with van der Waals surface area (Å²) in [6.07, 6.45) is 0. The first kappa shape index (κ1) is 15.6. The lowest BCUT2D eigenvalue weighted by atomic mass is 10.1. The number of urea groups is 1. The van der Waals surface area contributed by atoms with Crippen LogP contribution in [0.1, 0.15) is 13.8 Å². The van der Waals surface area contributed by atoms with Gasteiger partial charge in [0.2, 0.25) is 0 Å². The molecule has 1 aromatic rings. The molecule has 0 bridgehead atoms. The number of carbonyl (C=O) groups excluding carboxylic acids is 1. The van der Waals surface area contributed by atoms with E-state index in [1.165, 1.54) is 40.9 Å². The van der Waals surface area contributed by atoms with Crippen LogP contribution < -0.4 is 5.32 Å². The Hall–Kier alpha value is -1.76. The standard InChI is InChI=1S/C14H17FN2O3S/c1-8(2)12-17(11(7-21-12)13(18)19)14(20)16-10-5-3-9(15)4-6-10/h3-6,8,11-12H,7H2,1-2H3,(H,16,20)(H,18,19). The second kappa shape index (κ2) is 6.34. The van der Waals surface area contributed by atoms with Gasteiger partial charge in [-0.25, -0.2) is 14.0 Å². The molecule has 2 unspecified atom stereocenters. The van der Waals surface area contributed by atoms with Crippen molar-refractivity contribution in [2.45, 2.75) is 25.3 Å². The SMILES string of the molecule is CC(C)C1SCC(C(=O)O)N1C(=O)Nc1ccc(F)cc1. The average molecular weight is 312 g/mol. The Balaban J connectivity index is 2.16. The van der Waals surface area contributed by atoms with Crippen molar-refractivity contribution in [3.8, 4) is 0 Å². The minimum Gasteiger partial charge on any atom is -0.480 e. The van der Waals surface area contributed by atoms with Gasteiger partial charge in [-0.1, -0.05) is 13.8 Å². The first-order valence-corrected chi connectivity index (χ1v) is 7.64. The lowest BCUT2D eigenvalue weighted by Gasteiger charge is -2.29. The van der Waals surface area contributed by atoms with Crippen molar-refractivity contribution < 1.29 is 19.1 Å². The third-order valence-electron chi connectivity index (χ3n) is 3.22. The smallest absolute Gasteiger partial charge is 0.327 e. The predicted octanol–water partition coefficient (Wildman–Crippen LogP) is 2.84. The third-order valence-corrected chi connectivity index (χ3v) is 4.84. The summed E-state index contributed by atoms with van der Waals surface area (Å²) >= 11 is 1.46. The van der Waals surface area contributed by atoms with E-state index in [4.69, 9.17) is 0 Å². The van der Waals surface area contributed by atoms with E-state index in [0.717, 1.165) is 0 Å². The van der Waals surface area contributed by atoms with E-state index in [0.29, 0.717) is 11.4 Å². The maximum atomic E-state index is 12.9. The summed E-state index contributed by atoms with van der Waals surface area (Å²) < 4.78 is 12.9. The minimum atomic E-state index is -1.01. The number of nitrogens with one attached hydrogen (secondary N) is 1. The number of halogens is 1. The molecule has 2 amide bonds. The molecule has 5 nitrogen and oxygen atoms in total. The number of rotatable bonds is 3. The Morgan fingerprint density at radius 1 is 1.38 bits per heavy atom. The van der Waals surface area contributed by atoms with Crippen molar-refractivity contribution in [3.05, 3.63) is 30.1 Å². The zero-order valence-corrected chi connectivity index (χ0v) is 12.6. The van der Waals surface area contributed by atoms with Gasteiger partial charge in [-0.2, -0.15) is 0 Å². The Labute approximate surface area is 126 Å². The van der Waals surface area contributed by atoms with E-state index in [1.807, 2.05) is 13.8 Å². The maximum Gasteiger partial charge on any atom is 0.327 e. The van der Waals surface area contributed by atoms with Crippen LogP contribution in [0.3, 0.4) is 0 Å². The van der Waals surface area contributed by atoms with E-state index in [2.05, 4.69) is 5.32 Å². The van der Waals surface area contributed by atoms with Crippen molar-refractivity contribution in [3.63, 3.8) is 0 Å². The van der Waals surface area contributed by atoms with Crippen LogP contribution in [-0.4, -0.2) is 39.2 Å². The Bertz CT molecular complexity index is 536. The summed E-state index contributed by atoms with van der Waals surface area (Å²) in [4.78, 5) is 25.0. The number of amides is 2. The zero-order chi connectivity index (χ0) is 15.6. The van der Waals surface area contributed by atoms with E-state index in [9.17, 15) is 19.1 Å². The van der Waals surface area contributed by atoms with Crippen molar-refractivity contribution in [1.29, 1.82) is 0 Å². The van der Waals surface area contributed by atoms with Gasteiger partial charge in [0, 0.05) is 11.4 Å². The van der Waals surface area contributed by atoms with Crippen LogP contribution in [-0.2, 0) is 4.79 Å². The predicted molar refractivity (Wildman–Crippen MR) is 79.8 cm³/mol. The van der Waals surface area contributed by atoms with Crippen LogP contribution in [0.2, 0.25) is 0 Å². The van der Waals surface area contributed by atoms with Gasteiger partial charge in [0.1, 0.15) is 11.9 Å². The van der Waals surface area contributed by atoms with Gasteiger partial charge < -0.3 is 10.4 Å². The number of aliphatic carboxylic acids is 1. The molecule has 1 aliphatic rings. The summed E-state index contributed by atoms with van der Waals surface area (Å²) in [6.45, 7) is 3.89. The highest BCUT2D eigenvalue weighted by Gasteiger charge is 2.42. The molecule has 2 atom stereocenters. The topological polar surface area (TPSA) is 69.6 Å². The molecule has 2 N–H and O–H groups in total. The van der Waals surface area contributed by atoms with Gasteiger partial charge in [0.15, 0.2) is 0 Å². The quantitative estimate of drug-likeness (QED) is 0.900. The first-order chi connectivity index (χ1) is 9.90. The summed E-state index contributed by atoms with van der Waals surface area (Å²) in [5, 5.41) is 11.7. The molecule has 21 heavy (non-hydrogen) atoms. The largest absolute Gasteiger partial charge is 0.480 e. The molecule has 0 saturated carbocycles. The highest BCUT2D eigenvalue weighted by molar-refractivity contribution is 8.00. The van der Waals surface area contributed by atoms with Crippen LogP contribution in [0.4, 0.5) is 14.9 Å². The molecule has 114 valence electrons. The van der Waals surface area contributed by atoms with Crippen LogP contribution >= 0.6 is 11.8 Å². The fourth-order valence-corrected chi connectivity index (χ4v) is 3.68.